The minimum atomic E-state index is -0.196. The summed E-state index contributed by atoms with van der Waals surface area (Å²) in [5.41, 5.74) is 0.872. The van der Waals surface area contributed by atoms with Crippen LogP contribution in [0.25, 0.3) is 5.69 Å². The Kier molecular flexibility index (Phi) is 7.14. The van der Waals surface area contributed by atoms with E-state index < -0.39 is 0 Å². The number of halogens is 1. The van der Waals surface area contributed by atoms with E-state index >= 15 is 0 Å². The fraction of sp³-hybridized carbons (Fsp3) is 0.500. The smallest absolute Gasteiger partial charge is 0.233 e. The maximum absolute atomic E-state index is 12.4. The second-order valence-electron chi connectivity index (χ2n) is 6.53. The van der Waals surface area contributed by atoms with E-state index in [-0.39, 0.29) is 11.2 Å². The van der Waals surface area contributed by atoms with Crippen LogP contribution in [0.5, 0.6) is 0 Å². The third-order valence-corrected chi connectivity index (χ3v) is 7.21. The van der Waals surface area contributed by atoms with Crippen LogP contribution in [0.1, 0.15) is 39.0 Å². The molecule has 1 aromatic carbocycles. The van der Waals surface area contributed by atoms with Crippen LogP contribution in [0.4, 0.5) is 0 Å². The summed E-state index contributed by atoms with van der Waals surface area (Å²) < 4.78 is 3.17. The maximum atomic E-state index is 12.4. The highest BCUT2D eigenvalue weighted by atomic mass is 35.5. The van der Waals surface area contributed by atoms with Gasteiger partial charge in [0.2, 0.25) is 5.91 Å². The molecular weight excluding hydrogens is 406 g/mol. The summed E-state index contributed by atoms with van der Waals surface area (Å²) in [5, 5.41) is 8.13. The number of amides is 1. The highest BCUT2D eigenvalue weighted by Crippen LogP contribution is 2.28. The molecule has 140 valence electrons. The van der Waals surface area contributed by atoms with Gasteiger partial charge in [0.05, 0.1) is 10.9 Å². The first-order valence-electron chi connectivity index (χ1n) is 8.83. The van der Waals surface area contributed by atoms with Gasteiger partial charge in [0.15, 0.2) is 8.29 Å². The minimum absolute atomic E-state index is 0.0692. The summed E-state index contributed by atoms with van der Waals surface area (Å²) in [6.45, 7) is 2.70. The third-order valence-electron chi connectivity index (χ3n) is 4.54. The van der Waals surface area contributed by atoms with Crippen LogP contribution in [-0.4, -0.2) is 27.5 Å². The molecule has 0 radical (unpaired) electrons. The van der Waals surface area contributed by atoms with E-state index in [1.165, 1.54) is 55.2 Å². The fourth-order valence-corrected chi connectivity index (χ4v) is 5.69. The molecule has 1 aliphatic rings. The Hall–Kier alpha value is -0.890. The Balaban J connectivity index is 1.57. The van der Waals surface area contributed by atoms with Crippen molar-refractivity contribution in [2.75, 3.05) is 6.54 Å². The van der Waals surface area contributed by atoms with Crippen molar-refractivity contribution in [2.45, 2.75) is 48.6 Å². The molecule has 1 aromatic heterocycles. The van der Waals surface area contributed by atoms with Gasteiger partial charge >= 0.3 is 0 Å². The standard InChI is InChI=1S/C18H22ClN3OS3/c1-12(16(23)20-11-13-5-3-2-4-6-13)25-17-21-22(18(24)26-17)15-9-7-14(19)8-10-15/h7-10,12-13H,2-6,11H2,1H3,(H,20,23). The SMILES string of the molecule is CC(Sc1nn(-c2ccc(Cl)cc2)c(=S)s1)C(=O)NCC1CCCCC1. The Bertz CT molecular complexity index is 797. The quantitative estimate of drug-likeness (QED) is 0.488. The number of nitrogens with one attached hydrogen (secondary N) is 1. The Labute approximate surface area is 172 Å². The largest absolute Gasteiger partial charge is 0.355 e. The summed E-state index contributed by atoms with van der Waals surface area (Å²) in [5.74, 6) is 0.704. The molecule has 1 heterocycles. The van der Waals surface area contributed by atoms with E-state index in [0.717, 1.165) is 16.6 Å². The number of benzene rings is 1. The molecule has 8 heteroatoms. The van der Waals surface area contributed by atoms with Gasteiger partial charge in [0.1, 0.15) is 0 Å². The summed E-state index contributed by atoms with van der Waals surface area (Å²) in [6, 6.07) is 7.39. The number of rotatable bonds is 6. The highest BCUT2D eigenvalue weighted by molar-refractivity contribution is 8.02. The van der Waals surface area contributed by atoms with E-state index in [0.29, 0.717) is 14.9 Å². The van der Waals surface area contributed by atoms with Gasteiger partial charge in [-0.2, -0.15) is 0 Å². The van der Waals surface area contributed by atoms with E-state index in [2.05, 4.69) is 10.4 Å². The van der Waals surface area contributed by atoms with Gasteiger partial charge in [-0.25, -0.2) is 4.68 Å². The van der Waals surface area contributed by atoms with Crippen molar-refractivity contribution in [3.63, 3.8) is 0 Å². The molecule has 1 amide bonds. The zero-order valence-corrected chi connectivity index (χ0v) is 17.8. The predicted octanol–water partition coefficient (Wildman–Crippen LogP) is 5.49. The Morgan fingerprint density at radius 1 is 1.38 bits per heavy atom. The first kappa shape index (κ1) is 19.9. The molecule has 4 nitrogen and oxygen atoms in total. The molecule has 0 saturated heterocycles. The maximum Gasteiger partial charge on any atom is 0.233 e. The van der Waals surface area contributed by atoms with Crippen molar-refractivity contribution in [2.24, 2.45) is 5.92 Å². The molecule has 1 fully saturated rings. The van der Waals surface area contributed by atoms with Crippen LogP contribution < -0.4 is 5.32 Å². The van der Waals surface area contributed by atoms with Gasteiger partial charge in [-0.05, 0) is 62.2 Å². The topological polar surface area (TPSA) is 46.9 Å². The van der Waals surface area contributed by atoms with E-state index in [1.807, 2.05) is 31.2 Å². The Morgan fingerprint density at radius 3 is 2.77 bits per heavy atom. The third kappa shape index (κ3) is 5.31. The fourth-order valence-electron chi connectivity index (χ4n) is 3.04. The summed E-state index contributed by atoms with van der Waals surface area (Å²) in [7, 11) is 0. The lowest BCUT2D eigenvalue weighted by atomic mass is 9.89. The Morgan fingerprint density at radius 2 is 2.08 bits per heavy atom. The molecule has 0 spiro atoms. The van der Waals surface area contributed by atoms with Crippen molar-refractivity contribution >= 4 is 52.8 Å². The van der Waals surface area contributed by atoms with E-state index in [9.17, 15) is 4.79 Å². The van der Waals surface area contributed by atoms with Crippen molar-refractivity contribution in [1.82, 2.24) is 15.1 Å². The lowest BCUT2D eigenvalue weighted by Gasteiger charge is -2.22. The van der Waals surface area contributed by atoms with Crippen LogP contribution in [0.15, 0.2) is 28.6 Å². The average Bonchev–Trinajstić information content (AvgIpc) is 3.01. The normalized spacial score (nSPS) is 16.4. The predicted molar refractivity (Wildman–Crippen MR) is 112 cm³/mol. The first-order valence-corrected chi connectivity index (χ1v) is 11.3. The number of nitrogens with zero attached hydrogens (tertiary/aromatic N) is 2. The number of thioether (sulfide) groups is 1. The molecular formula is C18H22ClN3OS3. The lowest BCUT2D eigenvalue weighted by Crippen LogP contribution is -2.35. The lowest BCUT2D eigenvalue weighted by molar-refractivity contribution is -0.120. The summed E-state index contributed by atoms with van der Waals surface area (Å²) in [6.07, 6.45) is 6.37. The highest BCUT2D eigenvalue weighted by Gasteiger charge is 2.19. The molecule has 0 aliphatic heterocycles. The molecule has 1 saturated carbocycles. The number of carbonyl (C=O) groups is 1. The number of carbonyl (C=O) groups excluding carboxylic acids is 1. The molecule has 3 rings (SSSR count). The number of hydrogen-bond acceptors (Lipinski definition) is 5. The molecule has 26 heavy (non-hydrogen) atoms. The molecule has 1 N–H and O–H groups in total. The van der Waals surface area contributed by atoms with Crippen LogP contribution >= 0.6 is 46.9 Å². The second-order valence-corrected chi connectivity index (χ2v) is 10.2. The first-order chi connectivity index (χ1) is 12.5. The monoisotopic (exact) mass is 427 g/mol. The van der Waals surface area contributed by atoms with Gasteiger partial charge in [-0.1, -0.05) is 54.0 Å². The van der Waals surface area contributed by atoms with E-state index in [4.69, 9.17) is 23.8 Å². The minimum Gasteiger partial charge on any atom is -0.355 e. The summed E-state index contributed by atoms with van der Waals surface area (Å²) >= 11 is 14.2. The van der Waals surface area contributed by atoms with Gasteiger partial charge in [0, 0.05) is 11.6 Å². The van der Waals surface area contributed by atoms with Crippen molar-refractivity contribution in [3.05, 3.63) is 33.2 Å². The number of hydrogen-bond donors (Lipinski definition) is 1. The molecule has 0 bridgehead atoms. The summed E-state index contributed by atoms with van der Waals surface area (Å²) in [4.78, 5) is 12.4. The van der Waals surface area contributed by atoms with Crippen LogP contribution in [-0.2, 0) is 4.79 Å². The van der Waals surface area contributed by atoms with Gasteiger partial charge in [-0.15, -0.1) is 5.10 Å². The zero-order chi connectivity index (χ0) is 18.5. The van der Waals surface area contributed by atoms with Gasteiger partial charge < -0.3 is 5.32 Å². The molecule has 1 atom stereocenters. The van der Waals surface area contributed by atoms with Crippen molar-refractivity contribution in [3.8, 4) is 5.69 Å². The van der Waals surface area contributed by atoms with Crippen LogP contribution in [0.3, 0.4) is 0 Å². The second kappa shape index (κ2) is 9.35. The molecule has 1 aliphatic carbocycles. The van der Waals surface area contributed by atoms with Crippen molar-refractivity contribution < 1.29 is 4.79 Å². The van der Waals surface area contributed by atoms with Crippen molar-refractivity contribution in [1.29, 1.82) is 0 Å². The number of aromatic nitrogens is 2. The average molecular weight is 428 g/mol. The molecule has 2 aromatic rings. The van der Waals surface area contributed by atoms with Crippen LogP contribution in [0, 0.1) is 9.87 Å². The molecule has 1 unspecified atom stereocenters. The van der Waals surface area contributed by atoms with E-state index in [1.54, 1.807) is 4.68 Å². The van der Waals surface area contributed by atoms with Gasteiger partial charge in [0.25, 0.3) is 0 Å². The zero-order valence-electron chi connectivity index (χ0n) is 14.6. The van der Waals surface area contributed by atoms with Crippen LogP contribution in [0.2, 0.25) is 5.02 Å². The van der Waals surface area contributed by atoms with Gasteiger partial charge in [-0.3, -0.25) is 4.79 Å².